The fourth-order valence-corrected chi connectivity index (χ4v) is 3.84. The van der Waals surface area contributed by atoms with Crippen molar-refractivity contribution in [2.45, 2.75) is 25.2 Å². The van der Waals surface area contributed by atoms with Gasteiger partial charge < -0.3 is 4.90 Å². The largest absolute Gasteiger partial charge is 0.345 e. The number of carbonyl (C=O) groups excluding carboxylic acids is 1. The van der Waals surface area contributed by atoms with Crippen LogP contribution in [0.3, 0.4) is 0 Å². The number of hydrogen-bond acceptors (Lipinski definition) is 3. The Kier molecular flexibility index (Phi) is 4.15. The maximum atomic E-state index is 12.3. The Hall–Kier alpha value is -1.40. The number of amides is 1. The zero-order valence-corrected chi connectivity index (χ0v) is 12.8. The number of nitrogens with zero attached hydrogens (tertiary/aromatic N) is 1. The van der Waals surface area contributed by atoms with Gasteiger partial charge in [0.05, 0.1) is 4.90 Å². The third-order valence-corrected chi connectivity index (χ3v) is 5.18. The summed E-state index contributed by atoms with van der Waals surface area (Å²) in [5.74, 6) is 0.119. The van der Waals surface area contributed by atoms with Crippen molar-refractivity contribution < 1.29 is 13.2 Å². The highest BCUT2D eigenvalue weighted by atomic mass is 32.2. The van der Waals surface area contributed by atoms with Crippen LogP contribution in [0.5, 0.6) is 0 Å². The Bertz CT molecular complexity index is 625. The number of sulfonamides is 1. The molecule has 1 N–H and O–H groups in total. The first-order chi connectivity index (χ1) is 9.29. The molecule has 1 atom stereocenters. The van der Waals surface area contributed by atoms with Gasteiger partial charge in [0.25, 0.3) is 0 Å². The van der Waals surface area contributed by atoms with E-state index in [-0.39, 0.29) is 11.8 Å². The zero-order chi connectivity index (χ0) is 14.9. The highest BCUT2D eigenvalue weighted by Crippen LogP contribution is 2.19. The van der Waals surface area contributed by atoms with Crippen molar-refractivity contribution in [3.8, 4) is 0 Å². The Morgan fingerprint density at radius 3 is 2.65 bits per heavy atom. The van der Waals surface area contributed by atoms with Gasteiger partial charge in [0.1, 0.15) is 0 Å². The predicted molar refractivity (Wildman–Crippen MR) is 76.8 cm³/mol. The molecular weight excluding hydrogens is 276 g/mol. The van der Waals surface area contributed by atoms with Gasteiger partial charge in [-0.3, -0.25) is 4.79 Å². The van der Waals surface area contributed by atoms with Crippen LogP contribution in [-0.2, 0) is 14.8 Å². The van der Waals surface area contributed by atoms with E-state index in [4.69, 9.17) is 0 Å². The average Bonchev–Trinajstić information content (AvgIpc) is 2.69. The van der Waals surface area contributed by atoms with Crippen LogP contribution in [0.4, 0.5) is 0 Å². The van der Waals surface area contributed by atoms with Crippen LogP contribution in [0.15, 0.2) is 23.1 Å². The number of hydrogen-bond donors (Lipinski definition) is 1. The Morgan fingerprint density at radius 1 is 1.35 bits per heavy atom. The third-order valence-electron chi connectivity index (χ3n) is 3.62. The van der Waals surface area contributed by atoms with Crippen LogP contribution in [0.1, 0.15) is 17.5 Å². The quantitative estimate of drug-likeness (QED) is 0.903. The molecule has 1 aromatic carbocycles. The molecule has 20 heavy (non-hydrogen) atoms. The summed E-state index contributed by atoms with van der Waals surface area (Å²) in [4.78, 5) is 13.4. The minimum Gasteiger partial charge on any atom is -0.345 e. The molecule has 1 aromatic rings. The van der Waals surface area contributed by atoms with Crippen molar-refractivity contribution in [1.29, 1.82) is 0 Å². The fourth-order valence-electron chi connectivity index (χ4n) is 2.40. The Labute approximate surface area is 120 Å². The lowest BCUT2D eigenvalue weighted by atomic mass is 10.1. The summed E-state index contributed by atoms with van der Waals surface area (Å²) in [5.41, 5.74) is 1.63. The van der Waals surface area contributed by atoms with E-state index < -0.39 is 10.0 Å². The molecule has 1 fully saturated rings. The molecule has 0 bridgehead atoms. The SMILES string of the molecule is Cc1ccc(C)c(S(=O)(=O)NCC2CC(=O)N(C)C2)c1. The second kappa shape index (κ2) is 5.54. The van der Waals surface area contributed by atoms with Gasteiger partial charge in [-0.2, -0.15) is 0 Å². The van der Waals surface area contributed by atoms with Crippen molar-refractivity contribution in [1.82, 2.24) is 9.62 Å². The molecule has 1 heterocycles. The van der Waals surface area contributed by atoms with Crippen LogP contribution in [-0.4, -0.2) is 39.4 Å². The van der Waals surface area contributed by atoms with Gasteiger partial charge in [-0.05, 0) is 37.0 Å². The first-order valence-electron chi connectivity index (χ1n) is 6.60. The summed E-state index contributed by atoms with van der Waals surface area (Å²) in [6.07, 6.45) is 0.409. The van der Waals surface area contributed by atoms with Gasteiger partial charge in [-0.15, -0.1) is 0 Å². The summed E-state index contributed by atoms with van der Waals surface area (Å²) in [6.45, 7) is 4.55. The molecular formula is C14H20N2O3S. The van der Waals surface area contributed by atoms with Crippen LogP contribution in [0, 0.1) is 19.8 Å². The molecule has 1 saturated heterocycles. The van der Waals surface area contributed by atoms with E-state index in [2.05, 4.69) is 4.72 Å². The Morgan fingerprint density at radius 2 is 2.05 bits per heavy atom. The molecule has 1 amide bonds. The standard InChI is InChI=1S/C14H20N2O3S/c1-10-4-5-11(2)13(6-10)20(18,19)15-8-12-7-14(17)16(3)9-12/h4-6,12,15H,7-9H2,1-3H3. The maximum absolute atomic E-state index is 12.3. The number of aryl methyl sites for hydroxylation is 2. The van der Waals surface area contributed by atoms with Gasteiger partial charge in [0, 0.05) is 26.6 Å². The van der Waals surface area contributed by atoms with Gasteiger partial charge in [-0.25, -0.2) is 13.1 Å². The molecule has 0 aromatic heterocycles. The summed E-state index contributed by atoms with van der Waals surface area (Å²) in [5, 5.41) is 0. The topological polar surface area (TPSA) is 66.5 Å². The second-order valence-corrected chi connectivity index (χ2v) is 7.20. The van der Waals surface area contributed by atoms with Crippen molar-refractivity contribution in [2.75, 3.05) is 20.1 Å². The fraction of sp³-hybridized carbons (Fsp3) is 0.500. The smallest absolute Gasteiger partial charge is 0.240 e. The number of likely N-dealkylation sites (tertiary alicyclic amines) is 1. The van der Waals surface area contributed by atoms with Gasteiger partial charge in [0.15, 0.2) is 0 Å². The third kappa shape index (κ3) is 3.19. The summed E-state index contributed by atoms with van der Waals surface area (Å²) >= 11 is 0. The molecule has 6 heteroatoms. The van der Waals surface area contributed by atoms with Crippen LogP contribution in [0.2, 0.25) is 0 Å². The lowest BCUT2D eigenvalue weighted by Crippen LogP contribution is -2.31. The van der Waals surface area contributed by atoms with E-state index in [1.807, 2.05) is 13.0 Å². The van der Waals surface area contributed by atoms with E-state index >= 15 is 0 Å². The van der Waals surface area contributed by atoms with E-state index in [1.165, 1.54) is 0 Å². The second-order valence-electron chi connectivity index (χ2n) is 5.47. The minimum atomic E-state index is -3.52. The molecule has 0 saturated carbocycles. The highest BCUT2D eigenvalue weighted by Gasteiger charge is 2.28. The van der Waals surface area contributed by atoms with Gasteiger partial charge in [0.2, 0.25) is 15.9 Å². The first kappa shape index (κ1) is 15.0. The first-order valence-corrected chi connectivity index (χ1v) is 8.09. The molecule has 2 rings (SSSR count). The average molecular weight is 296 g/mol. The molecule has 1 aliphatic heterocycles. The number of nitrogens with one attached hydrogen (secondary N) is 1. The molecule has 110 valence electrons. The summed E-state index contributed by atoms with van der Waals surface area (Å²) in [6, 6.07) is 5.36. The van der Waals surface area contributed by atoms with E-state index in [0.29, 0.717) is 24.4 Å². The molecule has 0 aliphatic carbocycles. The van der Waals surface area contributed by atoms with Gasteiger partial charge >= 0.3 is 0 Å². The molecule has 0 radical (unpaired) electrons. The minimum absolute atomic E-state index is 0.0485. The normalized spacial score (nSPS) is 19.6. The van der Waals surface area contributed by atoms with Crippen LogP contribution >= 0.6 is 0 Å². The molecule has 1 aliphatic rings. The lowest BCUT2D eigenvalue weighted by Gasteiger charge is -2.13. The number of rotatable bonds is 4. The maximum Gasteiger partial charge on any atom is 0.240 e. The van der Waals surface area contributed by atoms with Crippen molar-refractivity contribution >= 4 is 15.9 Å². The van der Waals surface area contributed by atoms with Crippen molar-refractivity contribution in [3.05, 3.63) is 29.3 Å². The van der Waals surface area contributed by atoms with Crippen molar-refractivity contribution in [3.63, 3.8) is 0 Å². The van der Waals surface area contributed by atoms with Crippen molar-refractivity contribution in [2.24, 2.45) is 5.92 Å². The van der Waals surface area contributed by atoms with E-state index in [9.17, 15) is 13.2 Å². The highest BCUT2D eigenvalue weighted by molar-refractivity contribution is 7.89. The molecule has 0 spiro atoms. The summed E-state index contributed by atoms with van der Waals surface area (Å²) in [7, 11) is -1.78. The molecule has 1 unspecified atom stereocenters. The monoisotopic (exact) mass is 296 g/mol. The zero-order valence-electron chi connectivity index (χ0n) is 12.0. The van der Waals surface area contributed by atoms with E-state index in [0.717, 1.165) is 11.1 Å². The Balaban J connectivity index is 2.08. The van der Waals surface area contributed by atoms with Gasteiger partial charge in [-0.1, -0.05) is 12.1 Å². The summed E-state index contributed by atoms with van der Waals surface area (Å²) < 4.78 is 27.3. The number of carbonyl (C=O) groups is 1. The van der Waals surface area contributed by atoms with Crippen LogP contribution in [0.25, 0.3) is 0 Å². The number of benzene rings is 1. The lowest BCUT2D eigenvalue weighted by molar-refractivity contribution is -0.126. The predicted octanol–water partition coefficient (Wildman–Crippen LogP) is 1.06. The molecule has 5 nitrogen and oxygen atoms in total. The van der Waals surface area contributed by atoms with Crippen LogP contribution < -0.4 is 4.72 Å². The van der Waals surface area contributed by atoms with E-state index in [1.54, 1.807) is 31.0 Å².